The maximum atomic E-state index is 6.44. The number of nitrogens with zero attached hydrogens (tertiary/aromatic N) is 1. The number of benzene rings is 2. The van der Waals surface area contributed by atoms with Gasteiger partial charge < -0.3 is 9.32 Å². The lowest BCUT2D eigenvalue weighted by Gasteiger charge is -2.45. The molecule has 0 N–H and O–H groups in total. The Morgan fingerprint density at radius 2 is 1.69 bits per heavy atom. The first kappa shape index (κ1) is 16.2. The number of rotatable bonds is 1. The van der Waals surface area contributed by atoms with Crippen molar-refractivity contribution in [1.82, 2.24) is 0 Å². The summed E-state index contributed by atoms with van der Waals surface area (Å²) >= 11 is 0. The smallest absolute Gasteiger partial charge is 0.158 e. The number of fused-ring (bicyclic) bond motifs is 5. The molecule has 3 atom stereocenters. The molecule has 1 saturated heterocycles. The van der Waals surface area contributed by atoms with E-state index in [4.69, 9.17) is 4.42 Å². The van der Waals surface area contributed by atoms with E-state index < -0.39 is 0 Å². The zero-order valence-corrected chi connectivity index (χ0v) is 16.8. The maximum Gasteiger partial charge on any atom is 0.158 e. The van der Waals surface area contributed by atoms with Crippen LogP contribution in [0, 0.1) is 17.8 Å². The number of para-hydroxylation sites is 1. The SMILES string of the molecule is Cc1ccc2c(oc3ccccc32)c1N1[C@@H](C)C2(C)CCC1(C)C2(C)C. The second-order valence-electron chi connectivity index (χ2n) is 9.57. The normalized spacial score (nSPS) is 32.8. The van der Waals surface area contributed by atoms with Gasteiger partial charge in [0, 0.05) is 22.4 Å². The molecular formula is C24H29NO. The van der Waals surface area contributed by atoms with Crippen LogP contribution in [0.2, 0.25) is 0 Å². The highest BCUT2D eigenvalue weighted by molar-refractivity contribution is 6.09. The molecule has 0 radical (unpaired) electrons. The van der Waals surface area contributed by atoms with Gasteiger partial charge in [-0.05, 0) is 56.1 Å². The Bertz CT molecular complexity index is 1040. The van der Waals surface area contributed by atoms with Gasteiger partial charge in [-0.15, -0.1) is 0 Å². The molecule has 1 aromatic heterocycles. The molecule has 3 aromatic rings. The van der Waals surface area contributed by atoms with Gasteiger partial charge in [-0.3, -0.25) is 0 Å². The van der Waals surface area contributed by atoms with Gasteiger partial charge in [-0.2, -0.15) is 0 Å². The van der Waals surface area contributed by atoms with Crippen molar-refractivity contribution in [1.29, 1.82) is 0 Å². The third-order valence-electron chi connectivity index (χ3n) is 8.71. The van der Waals surface area contributed by atoms with E-state index in [2.05, 4.69) is 82.8 Å². The van der Waals surface area contributed by atoms with Gasteiger partial charge in [-0.1, -0.05) is 51.1 Å². The van der Waals surface area contributed by atoms with Gasteiger partial charge in [0.1, 0.15) is 5.58 Å². The summed E-state index contributed by atoms with van der Waals surface area (Å²) in [6.07, 6.45) is 2.56. The van der Waals surface area contributed by atoms with Gasteiger partial charge in [0.15, 0.2) is 5.58 Å². The molecule has 2 nitrogen and oxygen atoms in total. The standard InChI is InChI=1S/C24H29NO/c1-15-11-12-18-17-9-7-8-10-19(17)26-21(18)20(15)25-16(2)23(5)13-14-24(25,6)22(23,3)4/h7-12,16H,13-14H2,1-6H3/t16-,23?,24?/m0/s1. The Hall–Kier alpha value is -1.96. The fraction of sp³-hybridized carbons (Fsp3) is 0.500. The van der Waals surface area contributed by atoms with Crippen LogP contribution in [-0.2, 0) is 0 Å². The molecule has 2 aliphatic rings. The number of anilines is 1. The molecule has 2 unspecified atom stereocenters. The van der Waals surface area contributed by atoms with Crippen molar-refractivity contribution in [3.63, 3.8) is 0 Å². The average molecular weight is 348 g/mol. The van der Waals surface area contributed by atoms with Crippen LogP contribution in [0.15, 0.2) is 40.8 Å². The molecule has 2 heterocycles. The third kappa shape index (κ3) is 1.56. The fourth-order valence-electron chi connectivity index (χ4n) is 6.22. The second kappa shape index (κ2) is 4.65. The van der Waals surface area contributed by atoms with E-state index in [9.17, 15) is 0 Å². The summed E-state index contributed by atoms with van der Waals surface area (Å²) in [5.74, 6) is 0. The Balaban J connectivity index is 1.84. The Morgan fingerprint density at radius 1 is 0.962 bits per heavy atom. The summed E-state index contributed by atoms with van der Waals surface area (Å²) in [5.41, 5.74) is 5.41. The van der Waals surface area contributed by atoms with Crippen LogP contribution in [0.25, 0.3) is 21.9 Å². The van der Waals surface area contributed by atoms with E-state index in [1.54, 1.807) is 0 Å². The first-order valence-corrected chi connectivity index (χ1v) is 9.92. The molecule has 136 valence electrons. The third-order valence-corrected chi connectivity index (χ3v) is 8.71. The molecule has 1 aliphatic carbocycles. The van der Waals surface area contributed by atoms with Crippen molar-refractivity contribution in [2.45, 2.75) is 66.0 Å². The molecule has 1 aliphatic heterocycles. The monoisotopic (exact) mass is 347 g/mol. The molecule has 0 amide bonds. The topological polar surface area (TPSA) is 16.4 Å². The van der Waals surface area contributed by atoms with Crippen LogP contribution in [0.1, 0.15) is 53.0 Å². The van der Waals surface area contributed by atoms with E-state index in [0.29, 0.717) is 11.5 Å². The maximum absolute atomic E-state index is 6.44. The van der Waals surface area contributed by atoms with Crippen LogP contribution in [-0.4, -0.2) is 11.6 Å². The van der Waals surface area contributed by atoms with E-state index in [0.717, 1.165) is 11.2 Å². The number of hydrogen-bond acceptors (Lipinski definition) is 2. The molecular weight excluding hydrogens is 318 g/mol. The van der Waals surface area contributed by atoms with Crippen molar-refractivity contribution in [2.24, 2.45) is 10.8 Å². The van der Waals surface area contributed by atoms with Gasteiger partial charge >= 0.3 is 0 Å². The predicted molar refractivity (Wildman–Crippen MR) is 110 cm³/mol. The summed E-state index contributed by atoms with van der Waals surface area (Å²) in [5, 5.41) is 2.46. The minimum Gasteiger partial charge on any atom is -0.454 e. The molecule has 5 rings (SSSR count). The van der Waals surface area contributed by atoms with Crippen LogP contribution in [0.5, 0.6) is 0 Å². The van der Waals surface area contributed by atoms with Crippen molar-refractivity contribution in [3.8, 4) is 0 Å². The molecule has 2 heteroatoms. The highest BCUT2D eigenvalue weighted by Crippen LogP contribution is 2.69. The van der Waals surface area contributed by atoms with Crippen LogP contribution >= 0.6 is 0 Å². The summed E-state index contributed by atoms with van der Waals surface area (Å²) in [6.45, 7) is 14.6. The zero-order chi connectivity index (χ0) is 18.5. The van der Waals surface area contributed by atoms with Crippen molar-refractivity contribution in [2.75, 3.05) is 4.90 Å². The van der Waals surface area contributed by atoms with E-state index in [1.165, 1.54) is 34.9 Å². The fourth-order valence-corrected chi connectivity index (χ4v) is 6.22. The number of furan rings is 1. The van der Waals surface area contributed by atoms with E-state index in [1.807, 2.05) is 0 Å². The van der Waals surface area contributed by atoms with Gasteiger partial charge in [0.2, 0.25) is 0 Å². The van der Waals surface area contributed by atoms with Crippen molar-refractivity contribution in [3.05, 3.63) is 42.0 Å². The summed E-state index contributed by atoms with van der Waals surface area (Å²) in [7, 11) is 0. The Labute approximate surface area is 156 Å². The quantitative estimate of drug-likeness (QED) is 0.487. The van der Waals surface area contributed by atoms with Crippen LogP contribution in [0.3, 0.4) is 0 Å². The number of piperidine rings is 1. The Kier molecular flexibility index (Phi) is 2.91. The molecule has 2 bridgehead atoms. The minimum absolute atomic E-state index is 0.152. The average Bonchev–Trinajstić information content (AvgIpc) is 3.10. The lowest BCUT2D eigenvalue weighted by molar-refractivity contribution is 0.132. The highest BCUT2D eigenvalue weighted by Gasteiger charge is 2.70. The lowest BCUT2D eigenvalue weighted by atomic mass is 9.65. The van der Waals surface area contributed by atoms with Crippen molar-refractivity contribution < 1.29 is 4.42 Å². The summed E-state index contributed by atoms with van der Waals surface area (Å²) in [4.78, 5) is 2.72. The van der Waals surface area contributed by atoms with Crippen LogP contribution in [0.4, 0.5) is 5.69 Å². The van der Waals surface area contributed by atoms with Crippen molar-refractivity contribution >= 4 is 27.6 Å². The predicted octanol–water partition coefficient (Wildman–Crippen LogP) is 6.69. The van der Waals surface area contributed by atoms with E-state index >= 15 is 0 Å². The summed E-state index contributed by atoms with van der Waals surface area (Å²) < 4.78 is 6.44. The largest absolute Gasteiger partial charge is 0.454 e. The van der Waals surface area contributed by atoms with Gasteiger partial charge in [0.05, 0.1) is 5.69 Å². The molecule has 2 aromatic carbocycles. The number of hydrogen-bond donors (Lipinski definition) is 0. The number of aryl methyl sites for hydroxylation is 1. The first-order valence-electron chi connectivity index (χ1n) is 9.92. The zero-order valence-electron chi connectivity index (χ0n) is 16.8. The van der Waals surface area contributed by atoms with Crippen LogP contribution < -0.4 is 4.90 Å². The van der Waals surface area contributed by atoms with Gasteiger partial charge in [0.25, 0.3) is 0 Å². The van der Waals surface area contributed by atoms with Gasteiger partial charge in [-0.25, -0.2) is 0 Å². The minimum atomic E-state index is 0.152. The summed E-state index contributed by atoms with van der Waals surface area (Å²) in [6, 6.07) is 13.4. The lowest BCUT2D eigenvalue weighted by Crippen LogP contribution is -2.50. The molecule has 0 spiro atoms. The second-order valence-corrected chi connectivity index (χ2v) is 9.57. The molecule has 26 heavy (non-hydrogen) atoms. The Morgan fingerprint density at radius 3 is 2.38 bits per heavy atom. The molecule has 1 saturated carbocycles. The first-order chi connectivity index (χ1) is 12.2. The molecule has 2 fully saturated rings. The van der Waals surface area contributed by atoms with E-state index in [-0.39, 0.29) is 11.0 Å². The highest BCUT2D eigenvalue weighted by atomic mass is 16.3.